The van der Waals surface area contributed by atoms with Crippen molar-refractivity contribution in [3.63, 3.8) is 0 Å². The summed E-state index contributed by atoms with van der Waals surface area (Å²) < 4.78 is 0. The third kappa shape index (κ3) is 3.66. The Hall–Kier alpha value is -0.980. The van der Waals surface area contributed by atoms with Gasteiger partial charge in [0.15, 0.2) is 0 Å². The summed E-state index contributed by atoms with van der Waals surface area (Å²) in [5.74, 6) is 0. The molecular weight excluding hydrogens is 134 g/mol. The molecule has 0 rings (SSSR count). The largest absolute Gasteiger partial charge is 0.393 e. The van der Waals surface area contributed by atoms with Crippen LogP contribution in [0.15, 0.2) is 36.1 Å². The number of allylic oxidation sites excluding steroid dienone is 4. The van der Waals surface area contributed by atoms with Gasteiger partial charge in [-0.15, -0.1) is 0 Å². The van der Waals surface area contributed by atoms with E-state index in [4.69, 9.17) is 0 Å². The van der Waals surface area contributed by atoms with Crippen LogP contribution in [0.25, 0.3) is 0 Å². The van der Waals surface area contributed by atoms with Crippen LogP contribution >= 0.6 is 0 Å². The molecule has 0 bridgehead atoms. The molecule has 0 aromatic rings. The molecule has 0 radical (unpaired) electrons. The Morgan fingerprint density at radius 3 is 2.55 bits per heavy atom. The van der Waals surface area contributed by atoms with E-state index in [1.54, 1.807) is 0 Å². The van der Waals surface area contributed by atoms with Gasteiger partial charge in [0.05, 0.1) is 0 Å². The van der Waals surface area contributed by atoms with Gasteiger partial charge >= 0.3 is 0 Å². The fraction of sp³-hybridized carbons (Fsp3) is 0.400. The van der Waals surface area contributed by atoms with Crippen molar-refractivity contribution in [3.8, 4) is 0 Å². The molecule has 1 nitrogen and oxygen atoms in total. The lowest BCUT2D eigenvalue weighted by molar-refractivity contribution is 1.08. The van der Waals surface area contributed by atoms with Gasteiger partial charge in [0.2, 0.25) is 0 Å². The quantitative estimate of drug-likeness (QED) is 0.609. The van der Waals surface area contributed by atoms with E-state index in [0.717, 1.165) is 12.0 Å². The zero-order valence-corrected chi connectivity index (χ0v) is 7.65. The van der Waals surface area contributed by atoms with Gasteiger partial charge in [0, 0.05) is 13.2 Å². The fourth-order valence-electron chi connectivity index (χ4n) is 0.913. The highest BCUT2D eigenvalue weighted by Gasteiger charge is 1.91. The van der Waals surface area contributed by atoms with Crippen molar-refractivity contribution in [1.82, 2.24) is 5.32 Å². The average Bonchev–Trinajstić information content (AvgIpc) is 2.00. The lowest BCUT2D eigenvalue weighted by Crippen LogP contribution is -1.95. The SMILES string of the molecule is C=CC(=C\NC)/C(C)=C/CC. The Kier molecular flexibility index (Phi) is 5.26. The van der Waals surface area contributed by atoms with E-state index in [2.05, 4.69) is 31.8 Å². The highest BCUT2D eigenvalue weighted by Crippen LogP contribution is 2.09. The third-order valence-electron chi connectivity index (χ3n) is 1.49. The van der Waals surface area contributed by atoms with Gasteiger partial charge in [-0.1, -0.05) is 25.7 Å². The molecule has 0 amide bonds. The Labute approximate surface area is 69.5 Å². The van der Waals surface area contributed by atoms with Crippen LogP contribution in [0.2, 0.25) is 0 Å². The maximum absolute atomic E-state index is 3.73. The van der Waals surface area contributed by atoms with Crippen LogP contribution in [0.3, 0.4) is 0 Å². The number of hydrogen-bond donors (Lipinski definition) is 1. The summed E-state index contributed by atoms with van der Waals surface area (Å²) in [6.07, 6.45) is 7.07. The topological polar surface area (TPSA) is 12.0 Å². The summed E-state index contributed by atoms with van der Waals surface area (Å²) in [5, 5.41) is 2.98. The van der Waals surface area contributed by atoms with Gasteiger partial charge in [-0.3, -0.25) is 0 Å². The Morgan fingerprint density at radius 2 is 2.18 bits per heavy atom. The molecule has 0 saturated carbocycles. The van der Waals surface area contributed by atoms with Crippen molar-refractivity contribution >= 4 is 0 Å². The van der Waals surface area contributed by atoms with E-state index < -0.39 is 0 Å². The van der Waals surface area contributed by atoms with E-state index in [1.165, 1.54) is 5.57 Å². The van der Waals surface area contributed by atoms with Crippen LogP contribution in [0.5, 0.6) is 0 Å². The van der Waals surface area contributed by atoms with E-state index in [1.807, 2.05) is 19.3 Å². The minimum absolute atomic E-state index is 1.07. The minimum atomic E-state index is 1.07. The smallest absolute Gasteiger partial charge is 0.00375 e. The van der Waals surface area contributed by atoms with Crippen LogP contribution < -0.4 is 5.32 Å². The predicted molar refractivity (Wildman–Crippen MR) is 51.4 cm³/mol. The highest BCUT2D eigenvalue weighted by molar-refractivity contribution is 5.36. The molecule has 0 spiro atoms. The summed E-state index contributed by atoms with van der Waals surface area (Å²) >= 11 is 0. The van der Waals surface area contributed by atoms with Crippen molar-refractivity contribution in [2.45, 2.75) is 20.3 Å². The lowest BCUT2D eigenvalue weighted by Gasteiger charge is -2.00. The van der Waals surface area contributed by atoms with Crippen LogP contribution in [0.4, 0.5) is 0 Å². The second kappa shape index (κ2) is 5.78. The molecule has 0 aromatic heterocycles. The molecule has 0 heterocycles. The molecule has 0 saturated heterocycles. The zero-order valence-electron chi connectivity index (χ0n) is 7.65. The maximum atomic E-state index is 3.73. The van der Waals surface area contributed by atoms with Crippen molar-refractivity contribution in [2.24, 2.45) is 0 Å². The van der Waals surface area contributed by atoms with Gasteiger partial charge in [0.25, 0.3) is 0 Å². The van der Waals surface area contributed by atoms with E-state index in [9.17, 15) is 0 Å². The molecule has 11 heavy (non-hydrogen) atoms. The average molecular weight is 151 g/mol. The first-order valence-electron chi connectivity index (χ1n) is 3.93. The molecule has 1 heteroatoms. The molecular formula is C10H17N. The predicted octanol–water partition coefficient (Wildman–Crippen LogP) is 2.63. The zero-order chi connectivity index (χ0) is 8.69. The van der Waals surface area contributed by atoms with Gasteiger partial charge in [-0.25, -0.2) is 0 Å². The molecule has 1 N–H and O–H groups in total. The molecule has 0 unspecified atom stereocenters. The van der Waals surface area contributed by atoms with Crippen molar-refractivity contribution in [3.05, 3.63) is 36.1 Å². The summed E-state index contributed by atoms with van der Waals surface area (Å²) in [7, 11) is 1.89. The minimum Gasteiger partial charge on any atom is -0.393 e. The van der Waals surface area contributed by atoms with Gasteiger partial charge in [-0.05, 0) is 24.5 Å². The molecule has 0 aromatic carbocycles. The monoisotopic (exact) mass is 151 g/mol. The molecule has 0 atom stereocenters. The fourth-order valence-corrected chi connectivity index (χ4v) is 0.913. The Balaban J connectivity index is 4.37. The molecule has 0 aliphatic carbocycles. The summed E-state index contributed by atoms with van der Waals surface area (Å²) in [4.78, 5) is 0. The van der Waals surface area contributed by atoms with Gasteiger partial charge in [-0.2, -0.15) is 0 Å². The van der Waals surface area contributed by atoms with Gasteiger partial charge < -0.3 is 5.32 Å². The first-order chi connectivity index (χ1) is 5.26. The van der Waals surface area contributed by atoms with E-state index >= 15 is 0 Å². The molecule has 0 fully saturated rings. The maximum Gasteiger partial charge on any atom is 0.00375 e. The molecule has 0 aliphatic rings. The van der Waals surface area contributed by atoms with Crippen molar-refractivity contribution in [2.75, 3.05) is 7.05 Å². The van der Waals surface area contributed by atoms with Crippen LogP contribution in [-0.2, 0) is 0 Å². The van der Waals surface area contributed by atoms with Crippen LogP contribution in [-0.4, -0.2) is 7.05 Å². The number of nitrogens with one attached hydrogen (secondary N) is 1. The molecule has 62 valence electrons. The standard InChI is InChI=1S/C10H17N/c1-5-7-9(3)10(6-2)8-11-4/h6-8,11H,2,5H2,1,3-4H3/b9-7+,10-8+. The lowest BCUT2D eigenvalue weighted by atomic mass is 10.1. The van der Waals surface area contributed by atoms with E-state index in [0.29, 0.717) is 0 Å². The highest BCUT2D eigenvalue weighted by atomic mass is 14.8. The normalized spacial score (nSPS) is 13.0. The second-order valence-corrected chi connectivity index (χ2v) is 2.39. The van der Waals surface area contributed by atoms with E-state index in [-0.39, 0.29) is 0 Å². The Bertz CT molecular complexity index is 175. The van der Waals surface area contributed by atoms with Crippen molar-refractivity contribution in [1.29, 1.82) is 0 Å². The first kappa shape index (κ1) is 10.0. The van der Waals surface area contributed by atoms with Crippen LogP contribution in [0, 0.1) is 0 Å². The van der Waals surface area contributed by atoms with Crippen molar-refractivity contribution < 1.29 is 0 Å². The Morgan fingerprint density at radius 1 is 1.55 bits per heavy atom. The number of rotatable bonds is 4. The second-order valence-electron chi connectivity index (χ2n) is 2.39. The molecule has 0 aliphatic heterocycles. The summed E-state index contributed by atoms with van der Waals surface area (Å²) in [6.45, 7) is 7.95. The van der Waals surface area contributed by atoms with Gasteiger partial charge in [0.1, 0.15) is 0 Å². The summed E-state index contributed by atoms with van der Waals surface area (Å²) in [6, 6.07) is 0. The third-order valence-corrected chi connectivity index (χ3v) is 1.49. The number of hydrogen-bond acceptors (Lipinski definition) is 1. The summed E-state index contributed by atoms with van der Waals surface area (Å²) in [5.41, 5.74) is 2.44. The van der Waals surface area contributed by atoms with Crippen LogP contribution in [0.1, 0.15) is 20.3 Å². The first-order valence-corrected chi connectivity index (χ1v) is 3.93.